The molecule has 0 bridgehead atoms. The summed E-state index contributed by atoms with van der Waals surface area (Å²) < 4.78 is 1.69. The molecular formula is C13H12BrN3S. The van der Waals surface area contributed by atoms with Gasteiger partial charge in [-0.1, -0.05) is 12.2 Å². The molecule has 0 amide bonds. The molecule has 1 N–H and O–H groups in total. The van der Waals surface area contributed by atoms with Crippen LogP contribution in [0.5, 0.6) is 0 Å². The number of rotatable bonds is 1. The summed E-state index contributed by atoms with van der Waals surface area (Å²) in [7, 11) is 0. The number of aromatic nitrogens is 3. The lowest BCUT2D eigenvalue weighted by molar-refractivity contribution is 0.661. The van der Waals surface area contributed by atoms with E-state index in [9.17, 15) is 0 Å². The van der Waals surface area contributed by atoms with Gasteiger partial charge in [0, 0.05) is 21.9 Å². The van der Waals surface area contributed by atoms with Gasteiger partial charge in [0.05, 0.1) is 0 Å². The van der Waals surface area contributed by atoms with Crippen molar-refractivity contribution in [3.8, 4) is 11.5 Å². The highest BCUT2D eigenvalue weighted by Gasteiger charge is 2.14. The molecule has 2 aromatic rings. The Kier molecular flexibility index (Phi) is 3.26. The first-order valence-corrected chi connectivity index (χ1v) is 7.18. The molecule has 0 spiro atoms. The second-order valence-electron chi connectivity index (χ2n) is 4.42. The Balaban J connectivity index is 2.11. The van der Waals surface area contributed by atoms with Crippen molar-refractivity contribution >= 4 is 28.1 Å². The lowest BCUT2D eigenvalue weighted by Crippen LogP contribution is -2.09. The maximum Gasteiger partial charge on any atom is 0.157 e. The highest BCUT2D eigenvalue weighted by Crippen LogP contribution is 2.23. The molecule has 92 valence electrons. The van der Waals surface area contributed by atoms with Gasteiger partial charge in [0.15, 0.2) is 5.82 Å². The van der Waals surface area contributed by atoms with Crippen LogP contribution < -0.4 is 0 Å². The summed E-state index contributed by atoms with van der Waals surface area (Å²) in [5, 5.41) is 0. The van der Waals surface area contributed by atoms with Crippen LogP contribution in [0.3, 0.4) is 0 Å². The quantitative estimate of drug-likeness (QED) is 0.811. The van der Waals surface area contributed by atoms with E-state index in [0.717, 1.165) is 33.5 Å². The molecule has 1 aliphatic carbocycles. The summed E-state index contributed by atoms with van der Waals surface area (Å²) in [6, 6.07) is 3.90. The first kappa shape index (κ1) is 12.0. The van der Waals surface area contributed by atoms with Gasteiger partial charge in [0.1, 0.15) is 10.3 Å². The van der Waals surface area contributed by atoms with Crippen LogP contribution in [0.25, 0.3) is 11.5 Å². The Bertz CT molecular complexity index is 634. The smallest absolute Gasteiger partial charge is 0.157 e. The summed E-state index contributed by atoms with van der Waals surface area (Å²) in [5.41, 5.74) is 3.29. The molecule has 3 rings (SSSR count). The van der Waals surface area contributed by atoms with Crippen molar-refractivity contribution in [1.82, 2.24) is 15.0 Å². The first-order valence-electron chi connectivity index (χ1n) is 5.98. The van der Waals surface area contributed by atoms with Gasteiger partial charge in [-0.25, -0.2) is 4.98 Å². The van der Waals surface area contributed by atoms with Crippen LogP contribution in [0.2, 0.25) is 0 Å². The van der Waals surface area contributed by atoms with Crippen LogP contribution in [-0.2, 0) is 12.8 Å². The summed E-state index contributed by atoms with van der Waals surface area (Å²) in [6.07, 6.45) is 6.31. The molecule has 0 aliphatic heterocycles. The van der Waals surface area contributed by atoms with Crippen LogP contribution in [0, 0.1) is 4.64 Å². The maximum absolute atomic E-state index is 5.38. The fourth-order valence-corrected chi connectivity index (χ4v) is 2.81. The van der Waals surface area contributed by atoms with E-state index < -0.39 is 0 Å². The Hall–Kier alpha value is -1.07. The number of fused-ring (bicyclic) bond motifs is 1. The number of aromatic amines is 1. The fourth-order valence-electron chi connectivity index (χ4n) is 2.26. The van der Waals surface area contributed by atoms with E-state index in [4.69, 9.17) is 12.2 Å². The van der Waals surface area contributed by atoms with E-state index in [1.54, 1.807) is 6.20 Å². The molecule has 0 aromatic carbocycles. The monoisotopic (exact) mass is 321 g/mol. The molecular weight excluding hydrogens is 310 g/mol. The second-order valence-corrected chi connectivity index (χ2v) is 5.72. The molecule has 2 heterocycles. The van der Waals surface area contributed by atoms with Crippen molar-refractivity contribution in [3.05, 3.63) is 38.7 Å². The number of halogens is 1. The zero-order valence-electron chi connectivity index (χ0n) is 9.74. The molecule has 0 atom stereocenters. The van der Waals surface area contributed by atoms with Gasteiger partial charge in [0.2, 0.25) is 0 Å². The van der Waals surface area contributed by atoms with Crippen molar-refractivity contribution in [2.24, 2.45) is 0 Å². The SMILES string of the molecule is S=c1nc(-c2ccc(Br)cn2)[nH]c2c1CCCC2. The zero-order chi connectivity index (χ0) is 12.5. The minimum Gasteiger partial charge on any atom is -0.342 e. The lowest BCUT2D eigenvalue weighted by Gasteiger charge is -2.16. The van der Waals surface area contributed by atoms with Gasteiger partial charge in [-0.3, -0.25) is 4.98 Å². The summed E-state index contributed by atoms with van der Waals surface area (Å²) >= 11 is 8.76. The Labute approximate surface area is 119 Å². The van der Waals surface area contributed by atoms with E-state index in [2.05, 4.69) is 30.9 Å². The van der Waals surface area contributed by atoms with Crippen molar-refractivity contribution in [2.75, 3.05) is 0 Å². The molecule has 18 heavy (non-hydrogen) atoms. The second kappa shape index (κ2) is 4.90. The van der Waals surface area contributed by atoms with Crippen LogP contribution in [0.4, 0.5) is 0 Å². The Morgan fingerprint density at radius 1 is 1.22 bits per heavy atom. The molecule has 0 fully saturated rings. The van der Waals surface area contributed by atoms with Crippen LogP contribution in [-0.4, -0.2) is 15.0 Å². The third-order valence-corrected chi connectivity index (χ3v) is 3.99. The third kappa shape index (κ3) is 2.24. The molecule has 1 aliphatic rings. The van der Waals surface area contributed by atoms with Gasteiger partial charge in [-0.15, -0.1) is 0 Å². The maximum atomic E-state index is 5.38. The van der Waals surface area contributed by atoms with Crippen LogP contribution >= 0.6 is 28.1 Å². The zero-order valence-corrected chi connectivity index (χ0v) is 12.1. The van der Waals surface area contributed by atoms with Gasteiger partial charge in [0.25, 0.3) is 0 Å². The normalized spacial score (nSPS) is 14.3. The minimum atomic E-state index is 0.725. The average molecular weight is 322 g/mol. The standard InChI is InChI=1S/C13H12BrN3S/c14-8-5-6-11(15-7-8)12-16-10-4-2-1-3-9(10)13(18)17-12/h5-7H,1-4H2,(H,16,17,18). The first-order chi connectivity index (χ1) is 8.74. The predicted octanol–water partition coefficient (Wildman–Crippen LogP) is 3.84. The number of hydrogen-bond acceptors (Lipinski definition) is 3. The highest BCUT2D eigenvalue weighted by molar-refractivity contribution is 9.10. The summed E-state index contributed by atoms with van der Waals surface area (Å²) in [4.78, 5) is 12.2. The lowest BCUT2D eigenvalue weighted by atomic mass is 9.97. The van der Waals surface area contributed by atoms with E-state index in [1.807, 2.05) is 12.1 Å². The summed E-state index contributed by atoms with van der Waals surface area (Å²) in [6.45, 7) is 0. The summed E-state index contributed by atoms with van der Waals surface area (Å²) in [5.74, 6) is 0.771. The fraction of sp³-hybridized carbons (Fsp3) is 0.308. The minimum absolute atomic E-state index is 0.725. The number of pyridine rings is 1. The molecule has 3 nitrogen and oxygen atoms in total. The highest BCUT2D eigenvalue weighted by atomic mass is 79.9. The average Bonchev–Trinajstić information content (AvgIpc) is 2.39. The largest absolute Gasteiger partial charge is 0.342 e. The molecule has 2 aromatic heterocycles. The van der Waals surface area contributed by atoms with Crippen molar-refractivity contribution in [2.45, 2.75) is 25.7 Å². The van der Waals surface area contributed by atoms with E-state index in [0.29, 0.717) is 0 Å². The molecule has 5 heteroatoms. The van der Waals surface area contributed by atoms with Gasteiger partial charge in [-0.2, -0.15) is 0 Å². The number of aryl methyl sites for hydroxylation is 1. The van der Waals surface area contributed by atoms with Crippen molar-refractivity contribution < 1.29 is 0 Å². The molecule has 0 saturated heterocycles. The van der Waals surface area contributed by atoms with E-state index in [-0.39, 0.29) is 0 Å². The topological polar surface area (TPSA) is 41.6 Å². The van der Waals surface area contributed by atoms with Crippen LogP contribution in [0.15, 0.2) is 22.8 Å². The van der Waals surface area contributed by atoms with E-state index in [1.165, 1.54) is 24.1 Å². The Morgan fingerprint density at radius 2 is 2.06 bits per heavy atom. The molecule has 0 unspecified atom stereocenters. The number of nitrogens with one attached hydrogen (secondary N) is 1. The number of H-pyrrole nitrogens is 1. The van der Waals surface area contributed by atoms with Crippen molar-refractivity contribution in [1.29, 1.82) is 0 Å². The Morgan fingerprint density at radius 3 is 2.83 bits per heavy atom. The third-order valence-electron chi connectivity index (χ3n) is 3.18. The van der Waals surface area contributed by atoms with Crippen LogP contribution in [0.1, 0.15) is 24.1 Å². The predicted molar refractivity (Wildman–Crippen MR) is 77.0 cm³/mol. The number of nitrogens with zero attached hydrogens (tertiary/aromatic N) is 2. The number of hydrogen-bond donors (Lipinski definition) is 1. The van der Waals surface area contributed by atoms with Crippen molar-refractivity contribution in [3.63, 3.8) is 0 Å². The molecule has 0 radical (unpaired) electrons. The molecule has 0 saturated carbocycles. The van der Waals surface area contributed by atoms with Gasteiger partial charge >= 0.3 is 0 Å². The van der Waals surface area contributed by atoms with E-state index >= 15 is 0 Å². The van der Waals surface area contributed by atoms with Gasteiger partial charge in [-0.05, 0) is 53.7 Å². The van der Waals surface area contributed by atoms with Gasteiger partial charge < -0.3 is 4.98 Å².